The molecule has 0 radical (unpaired) electrons. The summed E-state index contributed by atoms with van der Waals surface area (Å²) in [4.78, 5) is 3.90. The lowest BCUT2D eigenvalue weighted by molar-refractivity contribution is -0.137. The zero-order valence-corrected chi connectivity index (χ0v) is 12.8. The third-order valence-electron chi connectivity index (χ3n) is 4.03. The van der Waals surface area contributed by atoms with Crippen molar-refractivity contribution in [1.82, 2.24) is 4.98 Å². The molecule has 2 nitrogen and oxygen atoms in total. The van der Waals surface area contributed by atoms with Crippen LogP contribution in [0.3, 0.4) is 0 Å². The first-order valence-corrected chi connectivity index (χ1v) is 7.71. The highest BCUT2D eigenvalue weighted by Gasteiger charge is 2.31. The highest BCUT2D eigenvalue weighted by molar-refractivity contribution is 6.29. The Kier molecular flexibility index (Phi) is 5.36. The summed E-state index contributed by atoms with van der Waals surface area (Å²) in [5.41, 5.74) is -0.767. The number of alkyl halides is 3. The van der Waals surface area contributed by atoms with Gasteiger partial charge in [0.15, 0.2) is 0 Å². The quantitative estimate of drug-likeness (QED) is 0.753. The molecule has 118 valence electrons. The zero-order chi connectivity index (χ0) is 15.5. The van der Waals surface area contributed by atoms with E-state index >= 15 is 0 Å². The molecule has 6 heteroatoms. The fourth-order valence-electron chi connectivity index (χ4n) is 2.98. The van der Waals surface area contributed by atoms with Crippen molar-refractivity contribution < 1.29 is 13.2 Å². The van der Waals surface area contributed by atoms with E-state index in [0.717, 1.165) is 24.5 Å². The molecule has 2 atom stereocenters. The van der Waals surface area contributed by atoms with E-state index in [9.17, 15) is 13.2 Å². The second-order valence-corrected chi connectivity index (χ2v) is 6.30. The Morgan fingerprint density at radius 1 is 1.33 bits per heavy atom. The number of hydrogen-bond acceptors (Lipinski definition) is 2. The lowest BCUT2D eigenvalue weighted by atomic mass is 9.81. The third-order valence-corrected chi connectivity index (χ3v) is 4.22. The van der Waals surface area contributed by atoms with Crippen LogP contribution >= 0.6 is 11.6 Å². The minimum absolute atomic E-state index is 0.140. The highest BCUT2D eigenvalue weighted by atomic mass is 35.5. The van der Waals surface area contributed by atoms with Crippen LogP contribution in [-0.4, -0.2) is 11.5 Å². The summed E-state index contributed by atoms with van der Waals surface area (Å²) in [5.74, 6) is 1.60. The number of rotatable bonds is 4. The van der Waals surface area contributed by atoms with E-state index in [2.05, 4.69) is 17.2 Å². The van der Waals surface area contributed by atoms with Crippen LogP contribution in [0.1, 0.15) is 44.6 Å². The number of nitrogens with one attached hydrogen (secondary N) is 1. The molecule has 0 saturated heterocycles. The molecule has 21 heavy (non-hydrogen) atoms. The molecule has 1 aliphatic carbocycles. The van der Waals surface area contributed by atoms with E-state index in [1.165, 1.54) is 25.7 Å². The maximum atomic E-state index is 12.7. The first kappa shape index (κ1) is 16.4. The van der Waals surface area contributed by atoms with Crippen molar-refractivity contribution in [2.45, 2.75) is 45.2 Å². The van der Waals surface area contributed by atoms with Crippen molar-refractivity contribution in [3.63, 3.8) is 0 Å². The van der Waals surface area contributed by atoms with E-state index in [0.29, 0.717) is 12.5 Å². The van der Waals surface area contributed by atoms with E-state index < -0.39 is 11.7 Å². The molecule has 1 fully saturated rings. The van der Waals surface area contributed by atoms with Crippen LogP contribution in [0.5, 0.6) is 0 Å². The van der Waals surface area contributed by atoms with Crippen LogP contribution in [0.2, 0.25) is 5.15 Å². The number of halogens is 4. The summed E-state index contributed by atoms with van der Waals surface area (Å²) in [5, 5.41) is 2.82. The SMILES string of the molecule is CC1CCCC(CCNc2cc(C(F)(F)F)cc(Cl)n2)C1. The lowest BCUT2D eigenvalue weighted by Gasteiger charge is -2.26. The van der Waals surface area contributed by atoms with Crippen LogP contribution in [0.25, 0.3) is 0 Å². The fourth-order valence-corrected chi connectivity index (χ4v) is 3.19. The van der Waals surface area contributed by atoms with E-state index in [1.807, 2.05) is 0 Å². The van der Waals surface area contributed by atoms with E-state index in [1.54, 1.807) is 0 Å². The normalized spacial score (nSPS) is 23.1. The number of pyridine rings is 1. The molecule has 0 bridgehead atoms. The molecule has 1 heterocycles. The summed E-state index contributed by atoms with van der Waals surface area (Å²) in [7, 11) is 0. The van der Waals surface area contributed by atoms with Gasteiger partial charge in [0.25, 0.3) is 0 Å². The van der Waals surface area contributed by atoms with Gasteiger partial charge in [-0.15, -0.1) is 0 Å². The molecule has 0 aromatic carbocycles. The molecule has 0 spiro atoms. The van der Waals surface area contributed by atoms with Crippen molar-refractivity contribution in [3.8, 4) is 0 Å². The van der Waals surface area contributed by atoms with Gasteiger partial charge in [-0.05, 0) is 36.8 Å². The zero-order valence-electron chi connectivity index (χ0n) is 12.0. The van der Waals surface area contributed by atoms with Gasteiger partial charge in [0.05, 0.1) is 5.56 Å². The highest BCUT2D eigenvalue weighted by Crippen LogP contribution is 2.33. The molecule has 1 N–H and O–H groups in total. The maximum Gasteiger partial charge on any atom is 0.416 e. The van der Waals surface area contributed by atoms with Crippen LogP contribution in [0.15, 0.2) is 12.1 Å². The topological polar surface area (TPSA) is 24.9 Å². The predicted molar refractivity (Wildman–Crippen MR) is 78.5 cm³/mol. The Morgan fingerprint density at radius 3 is 2.76 bits per heavy atom. The smallest absolute Gasteiger partial charge is 0.370 e. The van der Waals surface area contributed by atoms with E-state index in [4.69, 9.17) is 11.6 Å². The molecule has 2 rings (SSSR count). The van der Waals surface area contributed by atoms with Crippen molar-refractivity contribution >= 4 is 17.4 Å². The van der Waals surface area contributed by atoms with Gasteiger partial charge in [0.1, 0.15) is 11.0 Å². The van der Waals surface area contributed by atoms with Crippen molar-refractivity contribution in [2.75, 3.05) is 11.9 Å². The molecular weight excluding hydrogens is 301 g/mol. The molecule has 0 amide bonds. The monoisotopic (exact) mass is 320 g/mol. The molecule has 2 unspecified atom stereocenters. The maximum absolute atomic E-state index is 12.7. The standard InChI is InChI=1S/C15H20ClF3N2/c1-10-3-2-4-11(7-10)5-6-20-14-9-12(15(17,18)19)8-13(16)21-14/h8-11H,2-7H2,1H3,(H,20,21). The number of nitrogens with zero attached hydrogens (tertiary/aromatic N) is 1. The average Bonchev–Trinajstić information content (AvgIpc) is 2.37. The Hall–Kier alpha value is -0.970. The van der Waals surface area contributed by atoms with Crippen molar-refractivity contribution in [1.29, 1.82) is 0 Å². The minimum atomic E-state index is -4.40. The number of anilines is 1. The number of hydrogen-bond donors (Lipinski definition) is 1. The van der Waals surface area contributed by atoms with Gasteiger partial charge in [-0.25, -0.2) is 4.98 Å². The molecule has 0 aliphatic heterocycles. The largest absolute Gasteiger partial charge is 0.416 e. The Bertz CT molecular complexity index is 476. The van der Waals surface area contributed by atoms with Crippen molar-refractivity contribution in [2.24, 2.45) is 11.8 Å². The van der Waals surface area contributed by atoms with Crippen LogP contribution < -0.4 is 5.32 Å². The first-order chi connectivity index (χ1) is 9.84. The van der Waals surface area contributed by atoms with Crippen LogP contribution in [0, 0.1) is 11.8 Å². The molecule has 1 aromatic rings. The molecule has 1 aromatic heterocycles. The van der Waals surface area contributed by atoms with Crippen LogP contribution in [-0.2, 0) is 6.18 Å². The minimum Gasteiger partial charge on any atom is -0.370 e. The van der Waals surface area contributed by atoms with Gasteiger partial charge in [-0.1, -0.05) is 37.8 Å². The molecular formula is C15H20ClF3N2. The van der Waals surface area contributed by atoms with E-state index in [-0.39, 0.29) is 11.0 Å². The predicted octanol–water partition coefficient (Wildman–Crippen LogP) is 5.38. The van der Waals surface area contributed by atoms with Crippen molar-refractivity contribution in [3.05, 3.63) is 22.8 Å². The van der Waals surface area contributed by atoms with Gasteiger partial charge in [0, 0.05) is 6.54 Å². The summed E-state index contributed by atoms with van der Waals surface area (Å²) in [6, 6.07) is 1.85. The number of aromatic nitrogens is 1. The Morgan fingerprint density at radius 2 is 2.10 bits per heavy atom. The third kappa shape index (κ3) is 5.06. The average molecular weight is 321 g/mol. The van der Waals surface area contributed by atoms with Gasteiger partial charge in [-0.3, -0.25) is 0 Å². The second-order valence-electron chi connectivity index (χ2n) is 5.91. The fraction of sp³-hybridized carbons (Fsp3) is 0.667. The van der Waals surface area contributed by atoms with Crippen LogP contribution in [0.4, 0.5) is 19.0 Å². The van der Waals surface area contributed by atoms with Gasteiger partial charge in [-0.2, -0.15) is 13.2 Å². The molecule has 1 saturated carbocycles. The Labute approximate surface area is 128 Å². The molecule has 1 aliphatic rings. The second kappa shape index (κ2) is 6.86. The van der Waals surface area contributed by atoms with Gasteiger partial charge < -0.3 is 5.32 Å². The summed E-state index contributed by atoms with van der Waals surface area (Å²) in [6.07, 6.45) is 1.51. The Balaban J connectivity index is 1.89. The summed E-state index contributed by atoms with van der Waals surface area (Å²) < 4.78 is 38.1. The summed E-state index contributed by atoms with van der Waals surface area (Å²) in [6.45, 7) is 2.88. The first-order valence-electron chi connectivity index (χ1n) is 7.33. The van der Waals surface area contributed by atoms with Gasteiger partial charge >= 0.3 is 6.18 Å². The lowest BCUT2D eigenvalue weighted by Crippen LogP contribution is -2.17. The summed E-state index contributed by atoms with van der Waals surface area (Å²) >= 11 is 5.65. The van der Waals surface area contributed by atoms with Gasteiger partial charge in [0.2, 0.25) is 0 Å².